The van der Waals surface area contributed by atoms with Gasteiger partial charge in [0.05, 0.1) is 11.1 Å². The van der Waals surface area contributed by atoms with E-state index in [9.17, 15) is 9.59 Å². The molecule has 0 amide bonds. The van der Waals surface area contributed by atoms with E-state index in [4.69, 9.17) is 9.47 Å². The summed E-state index contributed by atoms with van der Waals surface area (Å²) in [4.78, 5) is 23.5. The SMILES string of the molecule is CCC(C)(C)c1ccc(OC(=O)c2ccccc2)cc1.O=C(Oc1ccccc1)c1ccccc1. The van der Waals surface area contributed by atoms with Gasteiger partial charge in [-0.3, -0.25) is 0 Å². The summed E-state index contributed by atoms with van der Waals surface area (Å²) in [6.07, 6.45) is 1.07. The normalized spacial score (nSPS) is 10.5. The van der Waals surface area contributed by atoms with Crippen molar-refractivity contribution in [2.45, 2.75) is 32.6 Å². The summed E-state index contributed by atoms with van der Waals surface area (Å²) in [5, 5.41) is 0. The zero-order valence-electron chi connectivity index (χ0n) is 20.3. The first-order valence-corrected chi connectivity index (χ1v) is 11.6. The highest BCUT2D eigenvalue weighted by atomic mass is 16.5. The molecule has 0 aliphatic carbocycles. The van der Waals surface area contributed by atoms with Gasteiger partial charge in [-0.25, -0.2) is 9.59 Å². The Morgan fingerprint density at radius 1 is 0.571 bits per heavy atom. The molecule has 0 saturated heterocycles. The van der Waals surface area contributed by atoms with Gasteiger partial charge in [-0.05, 0) is 65.9 Å². The van der Waals surface area contributed by atoms with E-state index in [-0.39, 0.29) is 17.4 Å². The van der Waals surface area contributed by atoms with Crippen LogP contribution < -0.4 is 9.47 Å². The first kappa shape index (κ1) is 25.4. The van der Waals surface area contributed by atoms with Crippen LogP contribution in [0.15, 0.2) is 115 Å². The predicted molar refractivity (Wildman–Crippen MR) is 139 cm³/mol. The fraction of sp³-hybridized carbons (Fsp3) is 0.161. The summed E-state index contributed by atoms with van der Waals surface area (Å²) < 4.78 is 10.5. The molecular weight excluding hydrogens is 436 g/mol. The fourth-order valence-corrected chi connectivity index (χ4v) is 3.15. The summed E-state index contributed by atoms with van der Waals surface area (Å²) in [5.41, 5.74) is 2.51. The molecule has 0 aliphatic rings. The van der Waals surface area contributed by atoms with Crippen molar-refractivity contribution >= 4 is 11.9 Å². The topological polar surface area (TPSA) is 52.6 Å². The van der Waals surface area contributed by atoms with E-state index in [0.717, 1.165) is 6.42 Å². The van der Waals surface area contributed by atoms with Crippen molar-refractivity contribution < 1.29 is 19.1 Å². The van der Waals surface area contributed by atoms with Gasteiger partial charge in [-0.2, -0.15) is 0 Å². The van der Waals surface area contributed by atoms with Gasteiger partial charge in [0.2, 0.25) is 0 Å². The van der Waals surface area contributed by atoms with Gasteiger partial charge in [-0.15, -0.1) is 0 Å². The minimum Gasteiger partial charge on any atom is -0.423 e. The van der Waals surface area contributed by atoms with Crippen molar-refractivity contribution in [3.63, 3.8) is 0 Å². The highest BCUT2D eigenvalue weighted by Gasteiger charge is 2.18. The second-order valence-electron chi connectivity index (χ2n) is 8.59. The Hall–Kier alpha value is -4.18. The Kier molecular flexibility index (Phi) is 8.96. The van der Waals surface area contributed by atoms with Gasteiger partial charge in [0, 0.05) is 0 Å². The van der Waals surface area contributed by atoms with Crippen molar-refractivity contribution in [1.29, 1.82) is 0 Å². The number of hydrogen-bond acceptors (Lipinski definition) is 4. The van der Waals surface area contributed by atoms with E-state index in [2.05, 4.69) is 20.8 Å². The quantitative estimate of drug-likeness (QED) is 0.218. The first-order valence-electron chi connectivity index (χ1n) is 11.6. The van der Waals surface area contributed by atoms with E-state index < -0.39 is 0 Å². The number of esters is 2. The molecule has 0 bridgehead atoms. The second-order valence-corrected chi connectivity index (χ2v) is 8.59. The molecule has 0 aromatic heterocycles. The van der Waals surface area contributed by atoms with Crippen LogP contribution in [-0.2, 0) is 5.41 Å². The van der Waals surface area contributed by atoms with Gasteiger partial charge >= 0.3 is 11.9 Å². The van der Waals surface area contributed by atoms with Crippen LogP contribution in [-0.4, -0.2) is 11.9 Å². The summed E-state index contributed by atoms with van der Waals surface area (Å²) in [6.45, 7) is 6.58. The van der Waals surface area contributed by atoms with Crippen molar-refractivity contribution in [1.82, 2.24) is 0 Å². The average Bonchev–Trinajstić information content (AvgIpc) is 2.91. The largest absolute Gasteiger partial charge is 0.423 e. The monoisotopic (exact) mass is 466 g/mol. The number of ether oxygens (including phenoxy) is 2. The van der Waals surface area contributed by atoms with Gasteiger partial charge in [0.25, 0.3) is 0 Å². The summed E-state index contributed by atoms with van der Waals surface area (Å²) >= 11 is 0. The van der Waals surface area contributed by atoms with E-state index >= 15 is 0 Å². The standard InChI is InChI=1S/C18H20O2.C13H10O2/c1-4-18(2,3)15-10-12-16(13-11-15)20-17(19)14-8-6-5-7-9-14;14-13(11-7-3-1-4-8-11)15-12-9-5-2-6-10-12/h5-13H,4H2,1-3H3;1-10H. The third-order valence-electron chi connectivity index (χ3n) is 5.70. The van der Waals surface area contributed by atoms with Crippen LogP contribution in [0.4, 0.5) is 0 Å². The summed E-state index contributed by atoms with van der Waals surface area (Å²) in [7, 11) is 0. The lowest BCUT2D eigenvalue weighted by Gasteiger charge is -2.23. The molecule has 0 radical (unpaired) electrons. The van der Waals surface area contributed by atoms with Crippen LogP contribution in [0, 0.1) is 0 Å². The van der Waals surface area contributed by atoms with Crippen LogP contribution in [0.2, 0.25) is 0 Å². The number of rotatable bonds is 6. The molecule has 0 atom stereocenters. The highest BCUT2D eigenvalue weighted by molar-refractivity contribution is 5.91. The lowest BCUT2D eigenvalue weighted by atomic mass is 9.82. The zero-order chi connectivity index (χ0) is 25.1. The predicted octanol–water partition coefficient (Wildman–Crippen LogP) is 7.50. The maximum absolute atomic E-state index is 11.9. The summed E-state index contributed by atoms with van der Waals surface area (Å²) in [5.74, 6) is 0.482. The van der Waals surface area contributed by atoms with Gasteiger partial charge < -0.3 is 9.47 Å². The van der Waals surface area contributed by atoms with E-state index in [0.29, 0.717) is 22.6 Å². The van der Waals surface area contributed by atoms with E-state index in [1.165, 1.54) is 5.56 Å². The average molecular weight is 467 g/mol. The third kappa shape index (κ3) is 7.68. The molecule has 178 valence electrons. The smallest absolute Gasteiger partial charge is 0.343 e. The zero-order valence-corrected chi connectivity index (χ0v) is 20.3. The number of carbonyl (C=O) groups excluding carboxylic acids is 2. The molecule has 0 N–H and O–H groups in total. The Bertz CT molecular complexity index is 1200. The Balaban J connectivity index is 0.000000203. The highest BCUT2D eigenvalue weighted by Crippen LogP contribution is 2.28. The first-order chi connectivity index (χ1) is 16.9. The number of hydrogen-bond donors (Lipinski definition) is 0. The number of benzene rings is 4. The Labute approximate surface area is 207 Å². The Morgan fingerprint density at radius 3 is 1.34 bits per heavy atom. The van der Waals surface area contributed by atoms with Crippen molar-refractivity contribution in [3.05, 3.63) is 132 Å². The van der Waals surface area contributed by atoms with Crippen molar-refractivity contribution in [2.24, 2.45) is 0 Å². The van der Waals surface area contributed by atoms with Crippen LogP contribution in [0.3, 0.4) is 0 Å². The van der Waals surface area contributed by atoms with E-state index in [1.807, 2.05) is 78.9 Å². The molecule has 4 rings (SSSR count). The van der Waals surface area contributed by atoms with Crippen LogP contribution in [0.25, 0.3) is 0 Å². The van der Waals surface area contributed by atoms with Gasteiger partial charge in [-0.1, -0.05) is 87.5 Å². The molecule has 0 aliphatic heterocycles. The Morgan fingerprint density at radius 2 is 0.943 bits per heavy atom. The molecular formula is C31H30O4. The molecule has 0 heterocycles. The minimum absolute atomic E-state index is 0.141. The minimum atomic E-state index is -0.332. The fourth-order valence-electron chi connectivity index (χ4n) is 3.15. The molecule has 4 aromatic carbocycles. The third-order valence-corrected chi connectivity index (χ3v) is 5.70. The van der Waals surface area contributed by atoms with Crippen LogP contribution in [0.1, 0.15) is 53.5 Å². The van der Waals surface area contributed by atoms with Gasteiger partial charge in [0.15, 0.2) is 0 Å². The maximum Gasteiger partial charge on any atom is 0.343 e. The second kappa shape index (κ2) is 12.3. The maximum atomic E-state index is 11.9. The van der Waals surface area contributed by atoms with Crippen molar-refractivity contribution in [2.75, 3.05) is 0 Å². The van der Waals surface area contributed by atoms with Crippen LogP contribution in [0.5, 0.6) is 11.5 Å². The molecule has 0 unspecified atom stereocenters. The van der Waals surface area contributed by atoms with Crippen molar-refractivity contribution in [3.8, 4) is 11.5 Å². The lowest BCUT2D eigenvalue weighted by Crippen LogP contribution is -2.15. The summed E-state index contributed by atoms with van der Waals surface area (Å²) in [6, 6.07) is 34.7. The molecule has 4 heteroatoms. The molecule has 4 nitrogen and oxygen atoms in total. The number of para-hydroxylation sites is 1. The molecule has 0 spiro atoms. The van der Waals surface area contributed by atoms with E-state index in [1.54, 1.807) is 36.4 Å². The molecule has 35 heavy (non-hydrogen) atoms. The number of carbonyl (C=O) groups is 2. The molecule has 0 fully saturated rings. The van der Waals surface area contributed by atoms with Gasteiger partial charge in [0.1, 0.15) is 11.5 Å². The molecule has 4 aromatic rings. The van der Waals surface area contributed by atoms with Crippen LogP contribution >= 0.6 is 0 Å². The lowest BCUT2D eigenvalue weighted by molar-refractivity contribution is 0.0725. The molecule has 0 saturated carbocycles.